The lowest BCUT2D eigenvalue weighted by molar-refractivity contribution is -0.122. The molecule has 2 aromatic heterocycles. The molecule has 0 fully saturated rings. The van der Waals surface area contributed by atoms with E-state index < -0.39 is 0 Å². The molecular formula is C22H25N3O2S. The first-order chi connectivity index (χ1) is 13.6. The highest BCUT2D eigenvalue weighted by atomic mass is 32.1. The van der Waals surface area contributed by atoms with Crippen molar-refractivity contribution in [3.8, 4) is 0 Å². The molecule has 1 aliphatic carbocycles. The maximum Gasteiger partial charge on any atom is 0.262 e. The number of rotatable bonds is 5. The summed E-state index contributed by atoms with van der Waals surface area (Å²) in [4.78, 5) is 32.1. The van der Waals surface area contributed by atoms with Crippen molar-refractivity contribution >= 4 is 27.5 Å². The normalized spacial score (nSPS) is 14.6. The zero-order valence-electron chi connectivity index (χ0n) is 16.3. The van der Waals surface area contributed by atoms with Crippen LogP contribution in [0.1, 0.15) is 54.3 Å². The van der Waals surface area contributed by atoms with Crippen molar-refractivity contribution in [3.05, 3.63) is 62.5 Å². The third-order valence-corrected chi connectivity index (χ3v) is 6.72. The molecule has 0 saturated carbocycles. The van der Waals surface area contributed by atoms with E-state index >= 15 is 0 Å². The van der Waals surface area contributed by atoms with Gasteiger partial charge in [0.15, 0.2) is 0 Å². The topological polar surface area (TPSA) is 64.0 Å². The molecule has 28 heavy (non-hydrogen) atoms. The average molecular weight is 396 g/mol. The molecule has 1 aromatic carbocycles. The van der Waals surface area contributed by atoms with Crippen LogP contribution in [0.3, 0.4) is 0 Å². The van der Waals surface area contributed by atoms with Gasteiger partial charge in [-0.25, -0.2) is 4.98 Å². The molecule has 0 unspecified atom stereocenters. The van der Waals surface area contributed by atoms with Gasteiger partial charge in [-0.15, -0.1) is 11.3 Å². The van der Waals surface area contributed by atoms with E-state index in [0.717, 1.165) is 47.0 Å². The van der Waals surface area contributed by atoms with Crippen molar-refractivity contribution in [2.45, 2.75) is 58.5 Å². The summed E-state index contributed by atoms with van der Waals surface area (Å²) in [5.41, 5.74) is 3.38. The van der Waals surface area contributed by atoms with Crippen molar-refractivity contribution in [1.29, 1.82) is 0 Å². The summed E-state index contributed by atoms with van der Waals surface area (Å²) in [5, 5.41) is 3.71. The lowest BCUT2D eigenvalue weighted by atomic mass is 9.97. The number of benzene rings is 1. The number of aromatic nitrogens is 2. The molecule has 2 heterocycles. The first-order valence-corrected chi connectivity index (χ1v) is 10.8. The van der Waals surface area contributed by atoms with E-state index in [-0.39, 0.29) is 24.1 Å². The summed E-state index contributed by atoms with van der Waals surface area (Å²) in [6.07, 6.45) is 6.76. The van der Waals surface area contributed by atoms with Crippen LogP contribution < -0.4 is 10.9 Å². The Morgan fingerprint density at radius 2 is 2.00 bits per heavy atom. The summed E-state index contributed by atoms with van der Waals surface area (Å²) in [5.74, 6) is -0.181. The Labute approximate surface area is 168 Å². The lowest BCUT2D eigenvalue weighted by Gasteiger charge is -2.15. The molecule has 3 aromatic rings. The molecule has 1 amide bonds. The Morgan fingerprint density at radius 3 is 2.75 bits per heavy atom. The largest absolute Gasteiger partial charge is 0.348 e. The number of nitrogens with one attached hydrogen (secondary N) is 1. The minimum atomic E-state index is -0.181. The zero-order valence-corrected chi connectivity index (χ0v) is 17.1. The van der Waals surface area contributed by atoms with E-state index in [9.17, 15) is 9.59 Å². The monoisotopic (exact) mass is 395 g/mol. The van der Waals surface area contributed by atoms with Gasteiger partial charge in [0.1, 0.15) is 11.4 Å². The van der Waals surface area contributed by atoms with E-state index in [1.54, 1.807) is 11.3 Å². The fourth-order valence-corrected chi connectivity index (χ4v) is 5.08. The standard InChI is InChI=1S/C22H25N3O2S/c1-3-15-8-10-16(11-9-15)14(2)24-19(26)12-25-13-23-21-20(22(25)27)17-6-4-5-7-18(17)28-21/h8-11,13-14H,3-7,12H2,1-2H3,(H,24,26)/t14-/m1/s1. The van der Waals surface area contributed by atoms with E-state index in [4.69, 9.17) is 0 Å². The van der Waals surface area contributed by atoms with Crippen LogP contribution in [0.5, 0.6) is 0 Å². The number of thiophene rings is 1. The maximum atomic E-state index is 13.0. The number of amides is 1. The Kier molecular flexibility index (Phi) is 5.31. The van der Waals surface area contributed by atoms with Crippen LogP contribution in [0.25, 0.3) is 10.2 Å². The van der Waals surface area contributed by atoms with Gasteiger partial charge in [-0.3, -0.25) is 14.2 Å². The van der Waals surface area contributed by atoms with Crippen LogP contribution in [-0.2, 0) is 30.6 Å². The molecule has 1 aliphatic rings. The molecule has 6 heteroatoms. The van der Waals surface area contributed by atoms with Gasteiger partial charge < -0.3 is 5.32 Å². The van der Waals surface area contributed by atoms with E-state index in [1.165, 1.54) is 27.8 Å². The summed E-state index contributed by atoms with van der Waals surface area (Å²) in [6, 6.07) is 8.14. The highest BCUT2D eigenvalue weighted by molar-refractivity contribution is 7.18. The molecule has 1 N–H and O–H groups in total. The van der Waals surface area contributed by atoms with E-state index in [1.807, 2.05) is 19.1 Å². The molecule has 4 rings (SSSR count). The van der Waals surface area contributed by atoms with Crippen LogP contribution in [0.4, 0.5) is 0 Å². The van der Waals surface area contributed by atoms with Gasteiger partial charge in [-0.05, 0) is 55.7 Å². The SMILES string of the molecule is CCc1ccc([C@@H](C)NC(=O)Cn2cnc3sc4c(c3c2=O)CCCC4)cc1. The van der Waals surface area contributed by atoms with Gasteiger partial charge in [-0.2, -0.15) is 0 Å². The highest BCUT2D eigenvalue weighted by Gasteiger charge is 2.20. The van der Waals surface area contributed by atoms with Gasteiger partial charge in [-0.1, -0.05) is 31.2 Å². The molecule has 0 aliphatic heterocycles. The van der Waals surface area contributed by atoms with Crippen molar-refractivity contribution in [2.75, 3.05) is 0 Å². The van der Waals surface area contributed by atoms with Gasteiger partial charge in [0.05, 0.1) is 17.8 Å². The number of carbonyl (C=O) groups excluding carboxylic acids is 1. The van der Waals surface area contributed by atoms with Crippen LogP contribution in [0.2, 0.25) is 0 Å². The molecule has 5 nitrogen and oxygen atoms in total. The van der Waals surface area contributed by atoms with E-state index in [2.05, 4.69) is 29.4 Å². The van der Waals surface area contributed by atoms with Crippen LogP contribution >= 0.6 is 11.3 Å². The van der Waals surface area contributed by atoms with Crippen LogP contribution in [-0.4, -0.2) is 15.5 Å². The Balaban J connectivity index is 1.51. The fraction of sp³-hybridized carbons (Fsp3) is 0.409. The smallest absolute Gasteiger partial charge is 0.262 e. The van der Waals surface area contributed by atoms with Gasteiger partial charge >= 0.3 is 0 Å². The number of aryl methyl sites for hydroxylation is 3. The second-order valence-corrected chi connectivity index (χ2v) is 8.54. The predicted octanol–water partition coefficient (Wildman–Crippen LogP) is 3.78. The molecule has 0 saturated heterocycles. The molecule has 1 atom stereocenters. The van der Waals surface area contributed by atoms with Crippen LogP contribution in [0, 0.1) is 0 Å². The highest BCUT2D eigenvalue weighted by Crippen LogP contribution is 2.33. The summed E-state index contributed by atoms with van der Waals surface area (Å²) in [7, 11) is 0. The lowest BCUT2D eigenvalue weighted by Crippen LogP contribution is -2.34. The number of carbonyl (C=O) groups is 1. The number of nitrogens with zero attached hydrogens (tertiary/aromatic N) is 2. The maximum absolute atomic E-state index is 13.0. The molecular weight excluding hydrogens is 370 g/mol. The van der Waals surface area contributed by atoms with Crippen molar-refractivity contribution < 1.29 is 4.79 Å². The molecule has 0 spiro atoms. The van der Waals surface area contributed by atoms with E-state index in [0.29, 0.717) is 0 Å². The Morgan fingerprint density at radius 1 is 1.25 bits per heavy atom. The summed E-state index contributed by atoms with van der Waals surface area (Å²) < 4.78 is 1.44. The first kappa shape index (κ1) is 18.9. The van der Waals surface area contributed by atoms with Crippen molar-refractivity contribution in [3.63, 3.8) is 0 Å². The Bertz CT molecular complexity index is 1070. The second kappa shape index (κ2) is 7.87. The third kappa shape index (κ3) is 3.61. The quantitative estimate of drug-likeness (QED) is 0.715. The third-order valence-electron chi connectivity index (χ3n) is 5.52. The van der Waals surface area contributed by atoms with Crippen molar-refractivity contribution in [2.24, 2.45) is 0 Å². The number of hydrogen-bond donors (Lipinski definition) is 1. The summed E-state index contributed by atoms with van der Waals surface area (Å²) in [6.45, 7) is 4.07. The van der Waals surface area contributed by atoms with Gasteiger partial charge in [0, 0.05) is 4.88 Å². The predicted molar refractivity (Wildman–Crippen MR) is 113 cm³/mol. The van der Waals surface area contributed by atoms with Crippen molar-refractivity contribution in [1.82, 2.24) is 14.9 Å². The minimum absolute atomic E-state index is 0.0101. The zero-order chi connectivity index (χ0) is 19.7. The average Bonchev–Trinajstić information content (AvgIpc) is 3.09. The minimum Gasteiger partial charge on any atom is -0.348 e. The molecule has 0 radical (unpaired) electrons. The number of fused-ring (bicyclic) bond motifs is 3. The van der Waals surface area contributed by atoms with Gasteiger partial charge in [0.2, 0.25) is 5.91 Å². The summed E-state index contributed by atoms with van der Waals surface area (Å²) >= 11 is 1.63. The van der Waals surface area contributed by atoms with Crippen LogP contribution in [0.15, 0.2) is 35.4 Å². The number of hydrogen-bond acceptors (Lipinski definition) is 4. The first-order valence-electron chi connectivity index (χ1n) is 9.94. The molecule has 146 valence electrons. The Hall–Kier alpha value is -2.47. The van der Waals surface area contributed by atoms with Gasteiger partial charge in [0.25, 0.3) is 5.56 Å². The second-order valence-electron chi connectivity index (χ2n) is 7.45. The fourth-order valence-electron chi connectivity index (χ4n) is 3.86. The molecule has 0 bridgehead atoms.